The van der Waals surface area contributed by atoms with Crippen LogP contribution in [0.15, 0.2) is 54.6 Å². The second kappa shape index (κ2) is 8.56. The summed E-state index contributed by atoms with van der Waals surface area (Å²) in [4.78, 5) is 16.8. The highest BCUT2D eigenvalue weighted by molar-refractivity contribution is 5.81. The Kier molecular flexibility index (Phi) is 5.94. The maximum atomic E-state index is 12.5. The van der Waals surface area contributed by atoms with E-state index in [-0.39, 0.29) is 5.91 Å². The zero-order valence-electron chi connectivity index (χ0n) is 14.9. The largest absolute Gasteiger partial charge is 0.376 e. The summed E-state index contributed by atoms with van der Waals surface area (Å²) in [7, 11) is 0. The molecule has 1 aliphatic rings. The van der Waals surface area contributed by atoms with Gasteiger partial charge in [0, 0.05) is 37.6 Å². The number of benzene rings is 2. The minimum Gasteiger partial charge on any atom is -0.376 e. The van der Waals surface area contributed by atoms with Crippen LogP contribution in [0.2, 0.25) is 0 Å². The van der Waals surface area contributed by atoms with Gasteiger partial charge in [0.2, 0.25) is 5.91 Å². The number of hydrogen-bond acceptors (Lipinski definition) is 3. The molecule has 0 unspecified atom stereocenters. The van der Waals surface area contributed by atoms with Crippen molar-refractivity contribution in [1.82, 2.24) is 4.90 Å². The number of anilines is 2. The molecule has 132 valence electrons. The maximum Gasteiger partial charge on any atom is 0.242 e. The lowest BCUT2D eigenvalue weighted by Gasteiger charge is -2.22. The van der Waals surface area contributed by atoms with E-state index in [0.717, 1.165) is 24.3 Å². The summed E-state index contributed by atoms with van der Waals surface area (Å²) in [6.07, 6.45) is 2.56. The van der Waals surface area contributed by atoms with Gasteiger partial charge in [-0.05, 0) is 49.6 Å². The normalized spacial score (nSPS) is 13.7. The topological polar surface area (TPSA) is 35.6 Å². The highest BCUT2D eigenvalue weighted by Gasteiger charge is 2.13. The van der Waals surface area contributed by atoms with E-state index in [4.69, 9.17) is 0 Å². The molecule has 25 heavy (non-hydrogen) atoms. The van der Waals surface area contributed by atoms with Crippen molar-refractivity contribution in [3.8, 4) is 0 Å². The third-order valence-electron chi connectivity index (χ3n) is 4.73. The van der Waals surface area contributed by atoms with Crippen LogP contribution in [0.4, 0.5) is 11.4 Å². The van der Waals surface area contributed by atoms with Gasteiger partial charge in [0.25, 0.3) is 0 Å². The van der Waals surface area contributed by atoms with Gasteiger partial charge in [-0.2, -0.15) is 0 Å². The molecule has 0 bridgehead atoms. The van der Waals surface area contributed by atoms with Gasteiger partial charge in [0.05, 0.1) is 6.54 Å². The van der Waals surface area contributed by atoms with Gasteiger partial charge < -0.3 is 15.1 Å². The van der Waals surface area contributed by atoms with Gasteiger partial charge in [0.1, 0.15) is 0 Å². The molecule has 1 aliphatic heterocycles. The Balaban J connectivity index is 1.52. The average molecular weight is 337 g/mol. The zero-order chi connectivity index (χ0) is 17.5. The van der Waals surface area contributed by atoms with Crippen LogP contribution in [-0.4, -0.2) is 37.0 Å². The molecule has 1 N–H and O–H groups in total. The van der Waals surface area contributed by atoms with Crippen LogP contribution in [0.25, 0.3) is 0 Å². The van der Waals surface area contributed by atoms with Crippen LogP contribution in [0, 0.1) is 0 Å². The predicted molar refractivity (Wildman–Crippen MR) is 104 cm³/mol. The fourth-order valence-corrected chi connectivity index (χ4v) is 3.24. The molecule has 0 spiro atoms. The summed E-state index contributed by atoms with van der Waals surface area (Å²) in [5.74, 6) is 0.120. The average Bonchev–Trinajstić information content (AvgIpc) is 3.20. The first-order chi connectivity index (χ1) is 12.3. The molecule has 4 heteroatoms. The van der Waals surface area contributed by atoms with E-state index in [2.05, 4.69) is 46.6 Å². The number of amides is 1. The molecule has 1 amide bonds. The molecule has 0 saturated carbocycles. The first-order valence-electron chi connectivity index (χ1n) is 9.17. The summed E-state index contributed by atoms with van der Waals surface area (Å²) in [6, 6.07) is 18.5. The Morgan fingerprint density at radius 3 is 2.36 bits per heavy atom. The van der Waals surface area contributed by atoms with Crippen LogP contribution >= 0.6 is 0 Å². The molecule has 1 fully saturated rings. The van der Waals surface area contributed by atoms with Crippen molar-refractivity contribution in [2.45, 2.75) is 26.3 Å². The summed E-state index contributed by atoms with van der Waals surface area (Å²) < 4.78 is 0. The lowest BCUT2D eigenvalue weighted by molar-refractivity contribution is -0.129. The third kappa shape index (κ3) is 4.75. The summed E-state index contributed by atoms with van der Waals surface area (Å²) >= 11 is 0. The maximum absolute atomic E-state index is 12.5. The first-order valence-corrected chi connectivity index (χ1v) is 9.17. The Morgan fingerprint density at radius 1 is 1.04 bits per heavy atom. The van der Waals surface area contributed by atoms with Crippen molar-refractivity contribution in [1.29, 1.82) is 0 Å². The fraction of sp³-hybridized carbons (Fsp3) is 0.381. The molecule has 4 nitrogen and oxygen atoms in total. The standard InChI is InChI=1S/C21H27N3O/c1-2-23(17-18-8-4-3-5-9-18)21(25)16-22-19-10-12-20(13-11-19)24-14-6-7-15-24/h3-5,8-13,22H,2,6-7,14-17H2,1H3. The van der Waals surface area contributed by atoms with Gasteiger partial charge in [-0.25, -0.2) is 0 Å². The van der Waals surface area contributed by atoms with E-state index in [9.17, 15) is 4.79 Å². The number of hydrogen-bond donors (Lipinski definition) is 1. The molecule has 1 saturated heterocycles. The Bertz CT molecular complexity index is 663. The molecular formula is C21H27N3O. The Morgan fingerprint density at radius 2 is 1.72 bits per heavy atom. The highest BCUT2D eigenvalue weighted by atomic mass is 16.2. The second-order valence-corrected chi connectivity index (χ2v) is 6.49. The zero-order valence-corrected chi connectivity index (χ0v) is 14.9. The number of carbonyl (C=O) groups excluding carboxylic acids is 1. The Labute approximate surface area is 150 Å². The highest BCUT2D eigenvalue weighted by Crippen LogP contribution is 2.22. The van der Waals surface area contributed by atoms with Gasteiger partial charge in [-0.1, -0.05) is 30.3 Å². The SMILES string of the molecule is CCN(Cc1ccccc1)C(=O)CNc1ccc(N2CCCC2)cc1. The minimum absolute atomic E-state index is 0.120. The van der Waals surface area contributed by atoms with E-state index >= 15 is 0 Å². The van der Waals surface area contributed by atoms with E-state index in [1.807, 2.05) is 30.0 Å². The first kappa shape index (κ1) is 17.3. The van der Waals surface area contributed by atoms with Gasteiger partial charge in [-0.15, -0.1) is 0 Å². The molecule has 1 heterocycles. The van der Waals surface area contributed by atoms with Crippen molar-refractivity contribution < 1.29 is 4.79 Å². The third-order valence-corrected chi connectivity index (χ3v) is 4.73. The minimum atomic E-state index is 0.120. The summed E-state index contributed by atoms with van der Waals surface area (Å²) in [5, 5.41) is 3.25. The van der Waals surface area contributed by atoms with Gasteiger partial charge in [-0.3, -0.25) is 4.79 Å². The quantitative estimate of drug-likeness (QED) is 0.836. The van der Waals surface area contributed by atoms with E-state index < -0.39 is 0 Å². The molecule has 2 aromatic rings. The van der Waals surface area contributed by atoms with E-state index in [1.165, 1.54) is 18.5 Å². The predicted octanol–water partition coefficient (Wildman–Crippen LogP) is 3.75. The molecule has 3 rings (SSSR count). The second-order valence-electron chi connectivity index (χ2n) is 6.49. The lowest BCUT2D eigenvalue weighted by atomic mass is 10.2. The molecule has 0 aromatic heterocycles. The van der Waals surface area contributed by atoms with E-state index in [1.54, 1.807) is 0 Å². The van der Waals surface area contributed by atoms with Crippen LogP contribution < -0.4 is 10.2 Å². The monoisotopic (exact) mass is 337 g/mol. The smallest absolute Gasteiger partial charge is 0.242 e. The van der Waals surface area contributed by atoms with E-state index in [0.29, 0.717) is 19.6 Å². The van der Waals surface area contributed by atoms with Crippen LogP contribution in [0.1, 0.15) is 25.3 Å². The van der Waals surface area contributed by atoms with Crippen molar-refractivity contribution in [3.63, 3.8) is 0 Å². The van der Waals surface area contributed by atoms with Crippen LogP contribution in [0.5, 0.6) is 0 Å². The number of nitrogens with zero attached hydrogens (tertiary/aromatic N) is 2. The number of nitrogens with one attached hydrogen (secondary N) is 1. The number of carbonyl (C=O) groups is 1. The Hall–Kier alpha value is -2.49. The summed E-state index contributed by atoms with van der Waals surface area (Å²) in [6.45, 7) is 6.01. The molecule has 0 aliphatic carbocycles. The van der Waals surface area contributed by atoms with Gasteiger partial charge in [0.15, 0.2) is 0 Å². The molecular weight excluding hydrogens is 310 g/mol. The van der Waals surface area contributed by atoms with Crippen molar-refractivity contribution in [2.24, 2.45) is 0 Å². The molecule has 0 radical (unpaired) electrons. The number of rotatable bonds is 7. The molecule has 2 aromatic carbocycles. The molecule has 0 atom stereocenters. The lowest BCUT2D eigenvalue weighted by Crippen LogP contribution is -2.34. The van der Waals surface area contributed by atoms with Crippen LogP contribution in [0.3, 0.4) is 0 Å². The fourth-order valence-electron chi connectivity index (χ4n) is 3.24. The van der Waals surface area contributed by atoms with Gasteiger partial charge >= 0.3 is 0 Å². The van der Waals surface area contributed by atoms with Crippen molar-refractivity contribution >= 4 is 17.3 Å². The van der Waals surface area contributed by atoms with Crippen molar-refractivity contribution in [2.75, 3.05) is 36.4 Å². The van der Waals surface area contributed by atoms with Crippen molar-refractivity contribution in [3.05, 3.63) is 60.2 Å². The number of likely N-dealkylation sites (N-methyl/N-ethyl adjacent to an activating group) is 1. The summed E-state index contributed by atoms with van der Waals surface area (Å²) in [5.41, 5.74) is 3.42. The van der Waals surface area contributed by atoms with Crippen LogP contribution in [-0.2, 0) is 11.3 Å².